The van der Waals surface area contributed by atoms with Crippen LogP contribution in [-0.2, 0) is 0 Å². The highest BCUT2D eigenvalue weighted by atomic mass is 32.1. The highest BCUT2D eigenvalue weighted by Crippen LogP contribution is 2.26. The van der Waals surface area contributed by atoms with Crippen LogP contribution in [0.3, 0.4) is 0 Å². The Morgan fingerprint density at radius 2 is 2.05 bits per heavy atom. The molecule has 0 aliphatic carbocycles. The highest BCUT2D eigenvalue weighted by Gasteiger charge is 2.15. The molecule has 0 bridgehead atoms. The van der Waals surface area contributed by atoms with Gasteiger partial charge < -0.3 is 5.32 Å². The molecule has 0 fully saturated rings. The fraction of sp³-hybridized carbons (Fsp3) is 0.154. The van der Waals surface area contributed by atoms with E-state index >= 15 is 0 Å². The second-order valence-corrected chi connectivity index (χ2v) is 5.09. The molecule has 0 aliphatic rings. The van der Waals surface area contributed by atoms with E-state index in [4.69, 9.17) is 0 Å². The van der Waals surface area contributed by atoms with Gasteiger partial charge in [0, 0.05) is 11.6 Å². The quantitative estimate of drug-likeness (QED) is 0.688. The van der Waals surface area contributed by atoms with Gasteiger partial charge in [0.2, 0.25) is 0 Å². The zero-order valence-electron chi connectivity index (χ0n) is 10.5. The van der Waals surface area contributed by atoms with Crippen LogP contribution in [0.5, 0.6) is 0 Å². The number of amides is 1. The lowest BCUT2D eigenvalue weighted by atomic mass is 10.1. The summed E-state index contributed by atoms with van der Waals surface area (Å²) in [4.78, 5) is 22.9. The van der Waals surface area contributed by atoms with Gasteiger partial charge >= 0.3 is 0 Å². The molecule has 1 aromatic heterocycles. The van der Waals surface area contributed by atoms with Gasteiger partial charge in [0.25, 0.3) is 11.6 Å². The van der Waals surface area contributed by atoms with Crippen molar-refractivity contribution in [3.05, 3.63) is 55.8 Å². The number of hydrogen-bond donors (Lipinski definition) is 1. The minimum atomic E-state index is -0.449. The Morgan fingerprint density at radius 1 is 1.32 bits per heavy atom. The molecule has 1 heterocycles. The fourth-order valence-corrected chi connectivity index (χ4v) is 2.38. The Bertz CT molecular complexity index is 636. The van der Waals surface area contributed by atoms with Gasteiger partial charge in [0.1, 0.15) is 0 Å². The first-order valence-electron chi connectivity index (χ1n) is 5.59. The third-order valence-corrected chi connectivity index (χ3v) is 3.60. The highest BCUT2D eigenvalue weighted by molar-refractivity contribution is 7.12. The molecular formula is C13H12N2O3S. The van der Waals surface area contributed by atoms with Gasteiger partial charge in [0.15, 0.2) is 0 Å². The van der Waals surface area contributed by atoms with Gasteiger partial charge in [-0.25, -0.2) is 0 Å². The first-order valence-corrected chi connectivity index (χ1v) is 6.47. The van der Waals surface area contributed by atoms with Crippen molar-refractivity contribution >= 4 is 28.6 Å². The Morgan fingerprint density at radius 3 is 2.63 bits per heavy atom. The fourth-order valence-electron chi connectivity index (χ4n) is 1.76. The molecule has 2 rings (SSSR count). The molecular weight excluding hydrogens is 264 g/mol. The minimum Gasteiger partial charge on any atom is -0.321 e. The van der Waals surface area contributed by atoms with Crippen LogP contribution >= 0.6 is 11.3 Å². The second-order valence-electron chi connectivity index (χ2n) is 4.14. The van der Waals surface area contributed by atoms with Crippen molar-refractivity contribution in [1.82, 2.24) is 0 Å². The maximum absolute atomic E-state index is 11.9. The van der Waals surface area contributed by atoms with Crippen LogP contribution in [0.4, 0.5) is 11.4 Å². The Balaban J connectivity index is 2.32. The number of rotatable bonds is 3. The smallest absolute Gasteiger partial charge is 0.274 e. The van der Waals surface area contributed by atoms with E-state index in [1.54, 1.807) is 37.4 Å². The van der Waals surface area contributed by atoms with E-state index in [1.807, 2.05) is 0 Å². The number of nitrogens with one attached hydrogen (secondary N) is 1. The molecule has 98 valence electrons. The van der Waals surface area contributed by atoms with E-state index in [1.165, 1.54) is 17.4 Å². The molecule has 0 aliphatic heterocycles. The lowest BCUT2D eigenvalue weighted by Gasteiger charge is -2.08. The van der Waals surface area contributed by atoms with E-state index < -0.39 is 4.92 Å². The number of nitro groups is 1. The number of thiophene rings is 1. The van der Waals surface area contributed by atoms with Gasteiger partial charge in [-0.05, 0) is 36.9 Å². The van der Waals surface area contributed by atoms with Crippen molar-refractivity contribution < 1.29 is 9.72 Å². The molecule has 0 spiro atoms. The molecule has 6 heteroatoms. The lowest BCUT2D eigenvalue weighted by molar-refractivity contribution is -0.385. The maximum Gasteiger partial charge on any atom is 0.274 e. The van der Waals surface area contributed by atoms with Gasteiger partial charge in [-0.1, -0.05) is 6.07 Å². The third-order valence-electron chi connectivity index (χ3n) is 2.73. The summed E-state index contributed by atoms with van der Waals surface area (Å²) in [7, 11) is 0. The number of carbonyl (C=O) groups excluding carboxylic acids is 1. The maximum atomic E-state index is 11.9. The molecule has 0 saturated heterocycles. The number of nitrogens with zero attached hydrogens (tertiary/aromatic N) is 1. The van der Waals surface area contributed by atoms with Crippen molar-refractivity contribution in [2.24, 2.45) is 0 Å². The van der Waals surface area contributed by atoms with Crippen LogP contribution in [-0.4, -0.2) is 10.8 Å². The summed E-state index contributed by atoms with van der Waals surface area (Å²) < 4.78 is 0. The summed E-state index contributed by atoms with van der Waals surface area (Å²) in [5.41, 5.74) is 1.85. The number of aryl methyl sites for hydroxylation is 2. The first kappa shape index (κ1) is 13.2. The Kier molecular flexibility index (Phi) is 3.62. The zero-order chi connectivity index (χ0) is 14.0. The number of carbonyl (C=O) groups is 1. The molecule has 1 amide bonds. The largest absolute Gasteiger partial charge is 0.321 e. The molecule has 2 aromatic rings. The van der Waals surface area contributed by atoms with Gasteiger partial charge in [-0.15, -0.1) is 11.3 Å². The number of nitro benzene ring substituents is 1. The summed E-state index contributed by atoms with van der Waals surface area (Å²) in [5, 5.41) is 15.4. The van der Waals surface area contributed by atoms with Gasteiger partial charge in [-0.3, -0.25) is 14.9 Å². The predicted molar refractivity (Wildman–Crippen MR) is 74.8 cm³/mol. The average molecular weight is 276 g/mol. The van der Waals surface area contributed by atoms with Crippen molar-refractivity contribution in [2.75, 3.05) is 5.32 Å². The van der Waals surface area contributed by atoms with Crippen molar-refractivity contribution in [3.63, 3.8) is 0 Å². The first-order chi connectivity index (χ1) is 8.99. The van der Waals surface area contributed by atoms with Crippen LogP contribution in [0, 0.1) is 24.0 Å². The molecule has 1 N–H and O–H groups in total. The minimum absolute atomic E-state index is 0.00656. The van der Waals surface area contributed by atoms with Crippen LogP contribution in [0.15, 0.2) is 29.6 Å². The van der Waals surface area contributed by atoms with E-state index in [-0.39, 0.29) is 11.6 Å². The summed E-state index contributed by atoms with van der Waals surface area (Å²) in [6.45, 7) is 3.48. The topological polar surface area (TPSA) is 72.2 Å². The number of hydrogen-bond acceptors (Lipinski definition) is 4. The standard InChI is InChI=1S/C13H12N2O3S/c1-8-6-9(2)11(15(17)18)7-10(8)14-13(16)12-4-3-5-19-12/h3-7H,1-2H3,(H,14,16). The van der Waals surface area contributed by atoms with Crippen LogP contribution in [0.2, 0.25) is 0 Å². The molecule has 1 aromatic carbocycles. The number of anilines is 1. The molecule has 0 atom stereocenters. The van der Waals surface area contributed by atoms with Crippen LogP contribution in [0.1, 0.15) is 20.8 Å². The predicted octanol–water partition coefficient (Wildman–Crippen LogP) is 3.53. The normalized spacial score (nSPS) is 10.2. The van der Waals surface area contributed by atoms with E-state index in [0.717, 1.165) is 5.56 Å². The van der Waals surface area contributed by atoms with Gasteiger partial charge in [0.05, 0.1) is 15.5 Å². The lowest BCUT2D eigenvalue weighted by Crippen LogP contribution is -2.11. The van der Waals surface area contributed by atoms with Crippen molar-refractivity contribution in [3.8, 4) is 0 Å². The zero-order valence-corrected chi connectivity index (χ0v) is 11.3. The van der Waals surface area contributed by atoms with Gasteiger partial charge in [-0.2, -0.15) is 0 Å². The average Bonchev–Trinajstić information content (AvgIpc) is 2.85. The molecule has 19 heavy (non-hydrogen) atoms. The van der Waals surface area contributed by atoms with Crippen molar-refractivity contribution in [2.45, 2.75) is 13.8 Å². The SMILES string of the molecule is Cc1cc(C)c([N+](=O)[O-])cc1NC(=O)c1cccs1. The molecule has 5 nitrogen and oxygen atoms in total. The molecule has 0 saturated carbocycles. The summed E-state index contributed by atoms with van der Waals surface area (Å²) in [6, 6.07) is 6.58. The monoisotopic (exact) mass is 276 g/mol. The summed E-state index contributed by atoms with van der Waals surface area (Å²) >= 11 is 1.32. The van der Waals surface area contributed by atoms with E-state index in [0.29, 0.717) is 16.1 Å². The van der Waals surface area contributed by atoms with E-state index in [9.17, 15) is 14.9 Å². The number of benzene rings is 1. The summed E-state index contributed by atoms with van der Waals surface area (Å²) in [5.74, 6) is -0.253. The Labute approximate surface area is 114 Å². The Hall–Kier alpha value is -2.21. The van der Waals surface area contributed by atoms with Crippen molar-refractivity contribution in [1.29, 1.82) is 0 Å². The second kappa shape index (κ2) is 5.19. The molecule has 0 unspecified atom stereocenters. The summed E-state index contributed by atoms with van der Waals surface area (Å²) in [6.07, 6.45) is 0. The van der Waals surface area contributed by atoms with Crippen LogP contribution in [0.25, 0.3) is 0 Å². The van der Waals surface area contributed by atoms with Crippen LogP contribution < -0.4 is 5.32 Å². The molecule has 0 radical (unpaired) electrons. The third kappa shape index (κ3) is 2.79. The van der Waals surface area contributed by atoms with E-state index in [2.05, 4.69) is 5.32 Å².